The molecule has 0 saturated heterocycles. The molecule has 0 spiro atoms. The molecule has 9 nitrogen and oxygen atoms in total. The van der Waals surface area contributed by atoms with Gasteiger partial charge in [0.2, 0.25) is 10.0 Å². The van der Waals surface area contributed by atoms with Crippen LogP contribution in [0, 0.1) is 10.1 Å². The highest BCUT2D eigenvalue weighted by Crippen LogP contribution is 2.29. The molecule has 144 valence electrons. The molecule has 0 radical (unpaired) electrons. The molecule has 0 aliphatic carbocycles. The summed E-state index contributed by atoms with van der Waals surface area (Å²) in [6.45, 7) is 0. The van der Waals surface area contributed by atoms with Crippen molar-refractivity contribution in [3.63, 3.8) is 0 Å². The number of hydrogen-bond donors (Lipinski definition) is 1. The lowest BCUT2D eigenvalue weighted by Crippen LogP contribution is -2.43. The minimum atomic E-state index is -4.23. The van der Waals surface area contributed by atoms with E-state index in [1.54, 1.807) is 30.3 Å². The van der Waals surface area contributed by atoms with E-state index in [9.17, 15) is 23.3 Å². The van der Waals surface area contributed by atoms with Crippen molar-refractivity contribution in [3.8, 4) is 5.75 Å². The number of nitrogens with zero attached hydrogens (tertiary/aromatic N) is 1. The molecule has 0 unspecified atom stereocenters. The highest BCUT2D eigenvalue weighted by molar-refractivity contribution is 7.89. The summed E-state index contributed by atoms with van der Waals surface area (Å²) in [6, 6.07) is 10.8. The molecule has 0 heterocycles. The number of hydrogen-bond acceptors (Lipinski definition) is 7. The van der Waals surface area contributed by atoms with Crippen molar-refractivity contribution < 1.29 is 27.6 Å². The lowest BCUT2D eigenvalue weighted by Gasteiger charge is -2.17. The lowest BCUT2D eigenvalue weighted by atomic mass is 10.1. The molecule has 2 rings (SSSR count). The summed E-state index contributed by atoms with van der Waals surface area (Å²) in [6.07, 6.45) is 0.0605. The second kappa shape index (κ2) is 8.60. The normalized spacial score (nSPS) is 12.2. The van der Waals surface area contributed by atoms with Gasteiger partial charge in [0.05, 0.1) is 24.0 Å². The number of nitro benzene ring substituents is 1. The Kier molecular flexibility index (Phi) is 6.48. The van der Waals surface area contributed by atoms with Crippen LogP contribution in [0.1, 0.15) is 5.56 Å². The van der Waals surface area contributed by atoms with E-state index >= 15 is 0 Å². The number of rotatable bonds is 8. The number of sulfonamides is 1. The predicted molar refractivity (Wildman–Crippen MR) is 95.9 cm³/mol. The molecule has 0 amide bonds. The maximum Gasteiger partial charge on any atom is 0.324 e. The predicted octanol–water partition coefficient (Wildman–Crippen LogP) is 1.67. The van der Waals surface area contributed by atoms with E-state index < -0.39 is 32.6 Å². The summed E-state index contributed by atoms with van der Waals surface area (Å²) in [7, 11) is -1.84. The summed E-state index contributed by atoms with van der Waals surface area (Å²) < 4.78 is 37.1. The number of nitro groups is 1. The fraction of sp³-hybridized carbons (Fsp3) is 0.235. The van der Waals surface area contributed by atoms with Crippen molar-refractivity contribution >= 4 is 21.7 Å². The lowest BCUT2D eigenvalue weighted by molar-refractivity contribution is -0.386. The number of carbonyl (C=O) groups excluding carboxylic acids is 1. The first-order valence-corrected chi connectivity index (χ1v) is 9.23. The minimum Gasteiger partial charge on any atom is -0.490 e. The van der Waals surface area contributed by atoms with Crippen LogP contribution in [-0.2, 0) is 26.0 Å². The highest BCUT2D eigenvalue weighted by atomic mass is 32.2. The largest absolute Gasteiger partial charge is 0.490 e. The van der Waals surface area contributed by atoms with E-state index in [4.69, 9.17) is 4.74 Å². The first-order chi connectivity index (χ1) is 12.8. The molecule has 27 heavy (non-hydrogen) atoms. The van der Waals surface area contributed by atoms with Crippen molar-refractivity contribution in [1.29, 1.82) is 0 Å². The molecule has 0 aliphatic heterocycles. The van der Waals surface area contributed by atoms with Crippen LogP contribution in [-0.4, -0.2) is 39.6 Å². The first kappa shape index (κ1) is 20.3. The van der Waals surface area contributed by atoms with Crippen molar-refractivity contribution in [2.45, 2.75) is 17.4 Å². The van der Waals surface area contributed by atoms with Crippen LogP contribution in [0.25, 0.3) is 0 Å². The number of methoxy groups -OCH3 is 2. The number of ether oxygens (including phenoxy) is 2. The van der Waals surface area contributed by atoms with Gasteiger partial charge in [-0.2, -0.15) is 4.72 Å². The quantitative estimate of drug-likeness (QED) is 0.410. The van der Waals surface area contributed by atoms with E-state index in [0.29, 0.717) is 0 Å². The molecule has 0 aliphatic rings. The van der Waals surface area contributed by atoms with Crippen molar-refractivity contribution in [2.75, 3.05) is 14.2 Å². The zero-order valence-corrected chi connectivity index (χ0v) is 15.4. The van der Waals surface area contributed by atoms with E-state index in [0.717, 1.165) is 24.8 Å². The minimum absolute atomic E-state index is 0.0605. The Balaban J connectivity index is 2.34. The van der Waals surface area contributed by atoms with Gasteiger partial charge < -0.3 is 9.47 Å². The fourth-order valence-electron chi connectivity index (χ4n) is 2.40. The maximum absolute atomic E-state index is 12.6. The molecule has 1 atom stereocenters. The van der Waals surface area contributed by atoms with Gasteiger partial charge in [0.15, 0.2) is 5.75 Å². The Bertz CT molecular complexity index is 930. The molecule has 2 aromatic rings. The van der Waals surface area contributed by atoms with E-state index in [2.05, 4.69) is 9.46 Å². The van der Waals surface area contributed by atoms with Crippen molar-refractivity contribution in [2.24, 2.45) is 0 Å². The molecule has 2 aromatic carbocycles. The monoisotopic (exact) mass is 394 g/mol. The molecular formula is C17H18N2O7S. The molecule has 0 fully saturated rings. The molecular weight excluding hydrogens is 376 g/mol. The Morgan fingerprint density at radius 1 is 1.19 bits per heavy atom. The summed E-state index contributed by atoms with van der Waals surface area (Å²) in [5.41, 5.74) is 0.217. The van der Waals surface area contributed by atoms with Gasteiger partial charge in [-0.1, -0.05) is 30.3 Å². The highest BCUT2D eigenvalue weighted by Gasteiger charge is 2.28. The van der Waals surface area contributed by atoms with Gasteiger partial charge in [-0.15, -0.1) is 0 Å². The van der Waals surface area contributed by atoms with E-state index in [1.807, 2.05) is 0 Å². The molecule has 10 heteroatoms. The van der Waals surface area contributed by atoms with Gasteiger partial charge in [0.1, 0.15) is 6.04 Å². The third kappa shape index (κ3) is 5.02. The summed E-state index contributed by atoms with van der Waals surface area (Å²) >= 11 is 0. The summed E-state index contributed by atoms with van der Waals surface area (Å²) in [5.74, 6) is -0.849. The van der Waals surface area contributed by atoms with Gasteiger partial charge >= 0.3 is 11.7 Å². The molecule has 1 N–H and O–H groups in total. The average Bonchev–Trinajstić information content (AvgIpc) is 2.66. The van der Waals surface area contributed by atoms with Crippen LogP contribution in [0.15, 0.2) is 53.4 Å². The van der Waals surface area contributed by atoms with Crippen LogP contribution in [0.4, 0.5) is 5.69 Å². The maximum atomic E-state index is 12.6. The zero-order chi connectivity index (χ0) is 20.0. The van der Waals surface area contributed by atoms with Crippen molar-refractivity contribution in [1.82, 2.24) is 4.72 Å². The van der Waals surface area contributed by atoms with Gasteiger partial charge in [0.25, 0.3) is 0 Å². The van der Waals surface area contributed by atoms with Crippen LogP contribution in [0.2, 0.25) is 0 Å². The second-order valence-electron chi connectivity index (χ2n) is 5.48. The fourth-order valence-corrected chi connectivity index (χ4v) is 3.60. The van der Waals surface area contributed by atoms with E-state index in [1.165, 1.54) is 13.2 Å². The molecule has 0 saturated carbocycles. The topological polar surface area (TPSA) is 125 Å². The summed E-state index contributed by atoms with van der Waals surface area (Å²) in [5, 5.41) is 11.1. The van der Waals surface area contributed by atoms with Gasteiger partial charge in [-0.05, 0) is 24.1 Å². The Morgan fingerprint density at radius 3 is 2.41 bits per heavy atom. The first-order valence-electron chi connectivity index (χ1n) is 7.75. The Hall–Kier alpha value is -2.98. The number of benzene rings is 2. The molecule has 0 aromatic heterocycles. The third-order valence-electron chi connectivity index (χ3n) is 3.72. The average molecular weight is 394 g/mol. The number of esters is 1. The zero-order valence-electron chi connectivity index (χ0n) is 14.6. The van der Waals surface area contributed by atoms with Crippen LogP contribution < -0.4 is 9.46 Å². The Morgan fingerprint density at radius 2 is 1.85 bits per heavy atom. The van der Waals surface area contributed by atoms with Crippen LogP contribution in [0.5, 0.6) is 5.75 Å². The van der Waals surface area contributed by atoms with Gasteiger partial charge in [0, 0.05) is 6.07 Å². The molecule has 0 bridgehead atoms. The van der Waals surface area contributed by atoms with Crippen LogP contribution >= 0.6 is 0 Å². The standard InChI is InChI=1S/C17H18N2O7S/c1-25-16-9-8-13(11-15(16)19(21)22)27(23,24)18-14(17(20)26-2)10-12-6-4-3-5-7-12/h3-9,11,14,18H,10H2,1-2H3/t14-/m0/s1. The Labute approximate surface area is 156 Å². The van der Waals surface area contributed by atoms with Gasteiger partial charge in [-0.25, -0.2) is 8.42 Å². The SMILES string of the molecule is COC(=O)[C@H](Cc1ccccc1)NS(=O)(=O)c1ccc(OC)c([N+](=O)[O-])c1. The van der Waals surface area contributed by atoms with Gasteiger partial charge in [-0.3, -0.25) is 14.9 Å². The van der Waals surface area contributed by atoms with Crippen molar-refractivity contribution in [3.05, 3.63) is 64.2 Å². The van der Waals surface area contributed by atoms with Crippen LogP contribution in [0.3, 0.4) is 0 Å². The summed E-state index contributed by atoms with van der Waals surface area (Å²) in [4.78, 5) is 22.0. The number of nitrogens with one attached hydrogen (secondary N) is 1. The smallest absolute Gasteiger partial charge is 0.324 e. The number of carbonyl (C=O) groups is 1. The second-order valence-corrected chi connectivity index (χ2v) is 7.19. The van der Waals surface area contributed by atoms with E-state index in [-0.39, 0.29) is 17.1 Å². The third-order valence-corrected chi connectivity index (χ3v) is 5.19.